The first-order valence-electron chi connectivity index (χ1n) is 7.71. The SMILES string of the molecule is Nc1ccc2c(c1)CCC2NCCC(=O)N1CCOCC1. The molecule has 1 heterocycles. The Balaban J connectivity index is 1.47. The first kappa shape index (κ1) is 14.4. The second-order valence-corrected chi connectivity index (χ2v) is 5.75. The Morgan fingerprint density at radius 2 is 2.19 bits per heavy atom. The van der Waals surface area contributed by atoms with Crippen molar-refractivity contribution in [2.24, 2.45) is 0 Å². The van der Waals surface area contributed by atoms with Gasteiger partial charge in [0, 0.05) is 37.8 Å². The summed E-state index contributed by atoms with van der Waals surface area (Å²) in [6, 6.07) is 6.49. The van der Waals surface area contributed by atoms with E-state index in [0.29, 0.717) is 25.7 Å². The van der Waals surface area contributed by atoms with Crippen LogP contribution in [0.15, 0.2) is 18.2 Å². The van der Waals surface area contributed by atoms with Gasteiger partial charge in [-0.15, -0.1) is 0 Å². The van der Waals surface area contributed by atoms with Gasteiger partial charge in [0.2, 0.25) is 5.91 Å². The summed E-state index contributed by atoms with van der Waals surface area (Å²) in [5.41, 5.74) is 9.32. The molecular formula is C16H23N3O2. The van der Waals surface area contributed by atoms with Crippen molar-refractivity contribution < 1.29 is 9.53 Å². The van der Waals surface area contributed by atoms with Crippen LogP contribution in [0.5, 0.6) is 0 Å². The zero-order chi connectivity index (χ0) is 14.7. The van der Waals surface area contributed by atoms with Crippen molar-refractivity contribution >= 4 is 11.6 Å². The Bertz CT molecular complexity index is 512. The lowest BCUT2D eigenvalue weighted by atomic mass is 10.1. The third kappa shape index (κ3) is 3.36. The fraction of sp³-hybridized carbons (Fsp3) is 0.562. The van der Waals surface area contributed by atoms with E-state index in [9.17, 15) is 4.79 Å². The van der Waals surface area contributed by atoms with E-state index in [1.54, 1.807) is 0 Å². The van der Waals surface area contributed by atoms with Crippen molar-refractivity contribution in [2.75, 3.05) is 38.6 Å². The Morgan fingerprint density at radius 3 is 3.00 bits per heavy atom. The van der Waals surface area contributed by atoms with E-state index in [1.807, 2.05) is 11.0 Å². The van der Waals surface area contributed by atoms with Crippen LogP contribution in [0.4, 0.5) is 5.69 Å². The lowest BCUT2D eigenvalue weighted by Gasteiger charge is -2.27. The second-order valence-electron chi connectivity index (χ2n) is 5.75. The van der Waals surface area contributed by atoms with Crippen molar-refractivity contribution in [3.8, 4) is 0 Å². The van der Waals surface area contributed by atoms with Crippen molar-refractivity contribution in [3.05, 3.63) is 29.3 Å². The Hall–Kier alpha value is -1.59. The predicted octanol–water partition coefficient (Wildman–Crippen LogP) is 1.09. The van der Waals surface area contributed by atoms with Gasteiger partial charge in [-0.25, -0.2) is 0 Å². The number of nitrogens with one attached hydrogen (secondary N) is 1. The number of aryl methyl sites for hydroxylation is 1. The Kier molecular flexibility index (Phi) is 4.41. The van der Waals surface area contributed by atoms with E-state index in [4.69, 9.17) is 10.5 Å². The molecule has 3 rings (SSSR count). The number of nitrogens with zero attached hydrogens (tertiary/aromatic N) is 1. The van der Waals surface area contributed by atoms with Crippen LogP contribution in [0.25, 0.3) is 0 Å². The number of anilines is 1. The largest absolute Gasteiger partial charge is 0.399 e. The molecule has 5 nitrogen and oxygen atoms in total. The second kappa shape index (κ2) is 6.45. The van der Waals surface area contributed by atoms with Gasteiger partial charge in [-0.3, -0.25) is 4.79 Å². The highest BCUT2D eigenvalue weighted by molar-refractivity contribution is 5.76. The third-order valence-corrected chi connectivity index (χ3v) is 4.34. The van der Waals surface area contributed by atoms with Crippen LogP contribution in [-0.2, 0) is 16.0 Å². The summed E-state index contributed by atoms with van der Waals surface area (Å²) in [4.78, 5) is 14.0. The quantitative estimate of drug-likeness (QED) is 0.814. The van der Waals surface area contributed by atoms with Gasteiger partial charge >= 0.3 is 0 Å². The van der Waals surface area contributed by atoms with Crippen LogP contribution in [0.2, 0.25) is 0 Å². The highest BCUT2D eigenvalue weighted by Gasteiger charge is 2.22. The van der Waals surface area contributed by atoms with Crippen LogP contribution in [0.3, 0.4) is 0 Å². The van der Waals surface area contributed by atoms with Crippen LogP contribution in [0, 0.1) is 0 Å². The molecule has 21 heavy (non-hydrogen) atoms. The van der Waals surface area contributed by atoms with Gasteiger partial charge in [0.25, 0.3) is 0 Å². The molecule has 3 N–H and O–H groups in total. The zero-order valence-corrected chi connectivity index (χ0v) is 12.3. The van der Waals surface area contributed by atoms with Crippen molar-refractivity contribution in [3.63, 3.8) is 0 Å². The van der Waals surface area contributed by atoms with Crippen molar-refractivity contribution in [1.82, 2.24) is 10.2 Å². The predicted molar refractivity (Wildman–Crippen MR) is 81.9 cm³/mol. The molecular weight excluding hydrogens is 266 g/mol. The van der Waals surface area contributed by atoms with Gasteiger partial charge in [0.15, 0.2) is 0 Å². The minimum Gasteiger partial charge on any atom is -0.399 e. The minimum absolute atomic E-state index is 0.223. The number of hydrogen-bond acceptors (Lipinski definition) is 4. The maximum absolute atomic E-state index is 12.1. The molecule has 1 aromatic rings. The topological polar surface area (TPSA) is 67.6 Å². The minimum atomic E-state index is 0.223. The van der Waals surface area contributed by atoms with Gasteiger partial charge in [0.05, 0.1) is 13.2 Å². The number of carbonyl (C=O) groups excluding carboxylic acids is 1. The van der Waals surface area contributed by atoms with Gasteiger partial charge < -0.3 is 20.7 Å². The monoisotopic (exact) mass is 289 g/mol. The standard InChI is InChI=1S/C16H23N3O2/c17-13-2-3-14-12(11-13)1-4-15(14)18-6-5-16(20)19-7-9-21-10-8-19/h2-3,11,15,18H,1,4-10,17H2. The molecule has 1 atom stereocenters. The highest BCUT2D eigenvalue weighted by atomic mass is 16.5. The van der Waals surface area contributed by atoms with Gasteiger partial charge in [-0.2, -0.15) is 0 Å². The fourth-order valence-electron chi connectivity index (χ4n) is 3.17. The first-order chi connectivity index (χ1) is 10.2. The Labute approximate surface area is 125 Å². The molecule has 1 amide bonds. The van der Waals surface area contributed by atoms with E-state index in [-0.39, 0.29) is 5.91 Å². The fourth-order valence-corrected chi connectivity index (χ4v) is 3.17. The number of rotatable bonds is 4. The maximum Gasteiger partial charge on any atom is 0.224 e. The summed E-state index contributed by atoms with van der Waals surface area (Å²) >= 11 is 0. The van der Waals surface area contributed by atoms with E-state index < -0.39 is 0 Å². The van der Waals surface area contributed by atoms with E-state index in [0.717, 1.165) is 38.2 Å². The number of amides is 1. The molecule has 1 unspecified atom stereocenters. The van der Waals surface area contributed by atoms with Crippen LogP contribution in [0.1, 0.15) is 30.0 Å². The molecule has 1 aliphatic carbocycles. The van der Waals surface area contributed by atoms with E-state index >= 15 is 0 Å². The smallest absolute Gasteiger partial charge is 0.224 e. The van der Waals surface area contributed by atoms with Crippen molar-refractivity contribution in [2.45, 2.75) is 25.3 Å². The van der Waals surface area contributed by atoms with Gasteiger partial charge in [0.1, 0.15) is 0 Å². The van der Waals surface area contributed by atoms with E-state index in [1.165, 1.54) is 11.1 Å². The van der Waals surface area contributed by atoms with Crippen LogP contribution < -0.4 is 11.1 Å². The number of fused-ring (bicyclic) bond motifs is 1. The number of benzene rings is 1. The molecule has 1 fully saturated rings. The molecule has 0 spiro atoms. The maximum atomic E-state index is 12.1. The molecule has 0 aromatic heterocycles. The zero-order valence-electron chi connectivity index (χ0n) is 12.3. The number of nitrogen functional groups attached to an aromatic ring is 1. The molecule has 1 aliphatic heterocycles. The molecule has 0 bridgehead atoms. The van der Waals surface area contributed by atoms with Crippen LogP contribution in [-0.4, -0.2) is 43.7 Å². The molecule has 0 radical (unpaired) electrons. The van der Waals surface area contributed by atoms with Gasteiger partial charge in [-0.1, -0.05) is 6.07 Å². The summed E-state index contributed by atoms with van der Waals surface area (Å²) in [5, 5.41) is 3.51. The number of ether oxygens (including phenoxy) is 1. The van der Waals surface area contributed by atoms with E-state index in [2.05, 4.69) is 17.4 Å². The highest BCUT2D eigenvalue weighted by Crippen LogP contribution is 2.32. The summed E-state index contributed by atoms with van der Waals surface area (Å²) < 4.78 is 5.26. The number of morpholine rings is 1. The number of nitrogens with two attached hydrogens (primary N) is 1. The third-order valence-electron chi connectivity index (χ3n) is 4.34. The molecule has 1 saturated heterocycles. The number of carbonyl (C=O) groups is 1. The molecule has 0 saturated carbocycles. The molecule has 1 aromatic carbocycles. The summed E-state index contributed by atoms with van der Waals surface area (Å²) in [5.74, 6) is 0.223. The van der Waals surface area contributed by atoms with Crippen molar-refractivity contribution in [1.29, 1.82) is 0 Å². The molecule has 114 valence electrons. The molecule has 2 aliphatic rings. The average Bonchev–Trinajstić information content (AvgIpc) is 2.90. The average molecular weight is 289 g/mol. The summed E-state index contributed by atoms with van der Waals surface area (Å²) in [6.07, 6.45) is 2.71. The summed E-state index contributed by atoms with van der Waals surface area (Å²) in [6.45, 7) is 3.51. The van der Waals surface area contributed by atoms with Gasteiger partial charge in [-0.05, 0) is 36.1 Å². The Morgan fingerprint density at radius 1 is 1.38 bits per heavy atom. The normalized spacial score (nSPS) is 21.3. The first-order valence-corrected chi connectivity index (χ1v) is 7.71. The van der Waals surface area contributed by atoms with Crippen LogP contribution >= 0.6 is 0 Å². The lowest BCUT2D eigenvalue weighted by Crippen LogP contribution is -2.41. The summed E-state index contributed by atoms with van der Waals surface area (Å²) in [7, 11) is 0. The number of hydrogen-bond donors (Lipinski definition) is 2. The lowest BCUT2D eigenvalue weighted by molar-refractivity contribution is -0.135. The molecule has 5 heteroatoms.